The fraction of sp³-hybridized carbons (Fsp3) is 0.176. The average molecular weight is 315 g/mol. The second-order valence-corrected chi connectivity index (χ2v) is 6.75. The smallest absolute Gasteiger partial charge is 0.0626 e. The van der Waals surface area contributed by atoms with E-state index < -0.39 is 0 Å². The van der Waals surface area contributed by atoms with Crippen molar-refractivity contribution in [1.29, 1.82) is 0 Å². The van der Waals surface area contributed by atoms with E-state index in [0.29, 0.717) is 0 Å². The van der Waals surface area contributed by atoms with Crippen LogP contribution in [0, 0.1) is 0 Å². The van der Waals surface area contributed by atoms with Crippen LogP contribution in [0.3, 0.4) is 0 Å². The van der Waals surface area contributed by atoms with Gasteiger partial charge in [0.15, 0.2) is 0 Å². The Labute approximate surface area is 132 Å². The van der Waals surface area contributed by atoms with Crippen molar-refractivity contribution in [3.05, 3.63) is 69.7 Å². The molecule has 108 valence electrons. The minimum Gasteiger partial charge on any atom is -0.394 e. The van der Waals surface area contributed by atoms with Crippen molar-refractivity contribution in [2.24, 2.45) is 0 Å². The number of thiophene rings is 2. The SMILES string of the molecule is OC[C@H](NCc1cc(-c2cccs2)cs1)c1ccccc1. The Hall–Kier alpha value is -1.46. The molecular formula is C17H17NOS2. The molecule has 0 fully saturated rings. The zero-order valence-corrected chi connectivity index (χ0v) is 13.2. The van der Waals surface area contributed by atoms with Crippen molar-refractivity contribution in [2.45, 2.75) is 12.6 Å². The zero-order chi connectivity index (χ0) is 14.5. The molecule has 0 unspecified atom stereocenters. The Morgan fingerprint density at radius 2 is 1.90 bits per heavy atom. The highest BCUT2D eigenvalue weighted by Gasteiger charge is 2.10. The lowest BCUT2D eigenvalue weighted by Gasteiger charge is -2.16. The van der Waals surface area contributed by atoms with Crippen LogP contribution in [0.25, 0.3) is 10.4 Å². The molecule has 0 saturated heterocycles. The van der Waals surface area contributed by atoms with E-state index >= 15 is 0 Å². The van der Waals surface area contributed by atoms with E-state index in [2.05, 4.69) is 34.3 Å². The van der Waals surface area contributed by atoms with Crippen molar-refractivity contribution < 1.29 is 5.11 Å². The highest BCUT2D eigenvalue weighted by Crippen LogP contribution is 2.29. The average Bonchev–Trinajstić information content (AvgIpc) is 3.20. The summed E-state index contributed by atoms with van der Waals surface area (Å²) < 4.78 is 0. The molecule has 0 amide bonds. The summed E-state index contributed by atoms with van der Waals surface area (Å²) >= 11 is 3.52. The maximum absolute atomic E-state index is 9.56. The standard InChI is InChI=1S/C17H17NOS2/c19-11-16(13-5-2-1-3-6-13)18-10-15-9-14(12-21-15)17-7-4-8-20-17/h1-9,12,16,18-19H,10-11H2/t16-/m0/s1. The maximum Gasteiger partial charge on any atom is 0.0626 e. The van der Waals surface area contributed by atoms with Gasteiger partial charge < -0.3 is 10.4 Å². The third kappa shape index (κ3) is 3.60. The van der Waals surface area contributed by atoms with Crippen LogP contribution in [0.15, 0.2) is 59.3 Å². The van der Waals surface area contributed by atoms with Gasteiger partial charge in [0, 0.05) is 21.9 Å². The molecule has 0 radical (unpaired) electrons. The zero-order valence-electron chi connectivity index (χ0n) is 11.5. The fourth-order valence-electron chi connectivity index (χ4n) is 2.24. The molecule has 0 aliphatic rings. The molecule has 2 heterocycles. The molecule has 2 N–H and O–H groups in total. The lowest BCUT2D eigenvalue weighted by Crippen LogP contribution is -2.23. The summed E-state index contributed by atoms with van der Waals surface area (Å²) in [6.07, 6.45) is 0. The number of hydrogen-bond donors (Lipinski definition) is 2. The van der Waals surface area contributed by atoms with Crippen LogP contribution in [-0.4, -0.2) is 11.7 Å². The van der Waals surface area contributed by atoms with Crippen molar-refractivity contribution in [3.8, 4) is 10.4 Å². The Morgan fingerprint density at radius 1 is 1.05 bits per heavy atom. The number of aliphatic hydroxyl groups is 1. The van der Waals surface area contributed by atoms with Crippen molar-refractivity contribution >= 4 is 22.7 Å². The Bertz CT molecular complexity index is 661. The molecule has 2 aromatic heterocycles. The van der Waals surface area contributed by atoms with E-state index in [4.69, 9.17) is 0 Å². The lowest BCUT2D eigenvalue weighted by molar-refractivity contribution is 0.244. The predicted octanol–water partition coefficient (Wildman–Crippen LogP) is 4.30. The first-order valence-electron chi connectivity index (χ1n) is 6.87. The van der Waals surface area contributed by atoms with Gasteiger partial charge in [0.2, 0.25) is 0 Å². The van der Waals surface area contributed by atoms with Crippen LogP contribution in [0.5, 0.6) is 0 Å². The normalized spacial score (nSPS) is 12.4. The minimum absolute atomic E-state index is 0.0153. The third-order valence-electron chi connectivity index (χ3n) is 3.37. The van der Waals surface area contributed by atoms with Crippen molar-refractivity contribution in [1.82, 2.24) is 5.32 Å². The summed E-state index contributed by atoms with van der Waals surface area (Å²) in [4.78, 5) is 2.59. The van der Waals surface area contributed by atoms with Crippen LogP contribution in [0.2, 0.25) is 0 Å². The molecule has 21 heavy (non-hydrogen) atoms. The summed E-state index contributed by atoms with van der Waals surface area (Å²) in [5.41, 5.74) is 2.40. The van der Waals surface area contributed by atoms with Gasteiger partial charge >= 0.3 is 0 Å². The van der Waals surface area contributed by atoms with E-state index in [-0.39, 0.29) is 12.6 Å². The molecule has 0 aliphatic carbocycles. The number of hydrogen-bond acceptors (Lipinski definition) is 4. The highest BCUT2D eigenvalue weighted by atomic mass is 32.1. The molecule has 1 aromatic carbocycles. The summed E-state index contributed by atoms with van der Waals surface area (Å²) in [5.74, 6) is 0. The van der Waals surface area contributed by atoms with Crippen molar-refractivity contribution in [2.75, 3.05) is 6.61 Å². The molecule has 3 rings (SSSR count). The van der Waals surface area contributed by atoms with Crippen molar-refractivity contribution in [3.63, 3.8) is 0 Å². The summed E-state index contributed by atoms with van der Waals surface area (Å²) in [5, 5.41) is 17.3. The molecule has 4 heteroatoms. The quantitative estimate of drug-likeness (QED) is 0.711. The molecule has 0 bridgehead atoms. The number of aliphatic hydroxyl groups excluding tert-OH is 1. The van der Waals surface area contributed by atoms with Gasteiger partial charge in [0.1, 0.15) is 0 Å². The van der Waals surface area contributed by atoms with E-state index in [1.54, 1.807) is 22.7 Å². The molecule has 2 nitrogen and oxygen atoms in total. The second-order valence-electron chi connectivity index (χ2n) is 4.81. The first kappa shape index (κ1) is 14.5. The van der Waals surface area contributed by atoms with Gasteiger partial charge in [-0.15, -0.1) is 22.7 Å². The first-order chi connectivity index (χ1) is 10.4. The van der Waals surface area contributed by atoms with Gasteiger partial charge in [-0.3, -0.25) is 0 Å². The van der Waals surface area contributed by atoms with E-state index in [0.717, 1.165) is 12.1 Å². The monoisotopic (exact) mass is 315 g/mol. The third-order valence-corrected chi connectivity index (χ3v) is 5.22. The van der Waals surface area contributed by atoms with E-state index in [9.17, 15) is 5.11 Å². The second kappa shape index (κ2) is 7.00. The van der Waals surface area contributed by atoms with Gasteiger partial charge in [-0.1, -0.05) is 36.4 Å². The molecule has 0 saturated carbocycles. The first-order valence-corrected chi connectivity index (χ1v) is 8.63. The predicted molar refractivity (Wildman–Crippen MR) is 90.7 cm³/mol. The van der Waals surface area contributed by atoms with Crippen LogP contribution >= 0.6 is 22.7 Å². The van der Waals surface area contributed by atoms with Gasteiger partial charge in [-0.25, -0.2) is 0 Å². The topological polar surface area (TPSA) is 32.3 Å². The summed E-state index contributed by atoms with van der Waals surface area (Å²) in [6, 6.07) is 16.5. The van der Waals surface area contributed by atoms with Crippen LogP contribution in [0.4, 0.5) is 0 Å². The minimum atomic E-state index is -0.0153. The number of rotatable bonds is 6. The summed E-state index contributed by atoms with van der Waals surface area (Å²) in [7, 11) is 0. The molecule has 0 spiro atoms. The maximum atomic E-state index is 9.56. The van der Waals surface area contributed by atoms with Crippen LogP contribution < -0.4 is 5.32 Å². The van der Waals surface area contributed by atoms with Crippen LogP contribution in [-0.2, 0) is 6.54 Å². The summed E-state index contributed by atoms with van der Waals surface area (Å²) in [6.45, 7) is 0.878. The van der Waals surface area contributed by atoms with Gasteiger partial charge in [-0.05, 0) is 28.5 Å². The van der Waals surface area contributed by atoms with Gasteiger partial charge in [0.05, 0.1) is 12.6 Å². The molecule has 3 aromatic rings. The van der Waals surface area contributed by atoms with E-state index in [1.165, 1.54) is 15.3 Å². The molecule has 0 aliphatic heterocycles. The number of nitrogens with one attached hydrogen (secondary N) is 1. The lowest BCUT2D eigenvalue weighted by atomic mass is 10.1. The highest BCUT2D eigenvalue weighted by molar-refractivity contribution is 7.14. The van der Waals surface area contributed by atoms with Gasteiger partial charge in [0.25, 0.3) is 0 Å². The Kier molecular flexibility index (Phi) is 4.83. The largest absolute Gasteiger partial charge is 0.394 e. The molecular weight excluding hydrogens is 298 g/mol. The molecule has 1 atom stereocenters. The van der Waals surface area contributed by atoms with E-state index in [1.807, 2.05) is 30.3 Å². The van der Waals surface area contributed by atoms with Gasteiger partial charge in [-0.2, -0.15) is 0 Å². The number of benzene rings is 1. The van der Waals surface area contributed by atoms with Crippen LogP contribution in [0.1, 0.15) is 16.5 Å². The Balaban J connectivity index is 1.64. The Morgan fingerprint density at radius 3 is 2.62 bits per heavy atom. The fourth-order valence-corrected chi connectivity index (χ4v) is 3.87.